The van der Waals surface area contributed by atoms with Crippen molar-refractivity contribution in [3.63, 3.8) is 0 Å². The molecule has 0 radical (unpaired) electrons. The second kappa shape index (κ2) is 10.3. The van der Waals surface area contributed by atoms with E-state index in [-0.39, 0.29) is 0 Å². The first-order valence-electron chi connectivity index (χ1n) is 17.8. The second-order valence-electron chi connectivity index (χ2n) is 13.8. The van der Waals surface area contributed by atoms with Gasteiger partial charge in [0.15, 0.2) is 11.5 Å². The van der Waals surface area contributed by atoms with E-state index in [0.717, 1.165) is 45.2 Å². The van der Waals surface area contributed by atoms with Crippen LogP contribution in [0, 0.1) is 0 Å². The first kappa shape index (κ1) is 27.7. The van der Waals surface area contributed by atoms with Crippen LogP contribution in [0.3, 0.4) is 0 Å². The van der Waals surface area contributed by atoms with Crippen LogP contribution in [0.15, 0.2) is 176 Å². The van der Waals surface area contributed by atoms with E-state index in [0.29, 0.717) is 0 Å². The van der Waals surface area contributed by atoms with E-state index in [1.54, 1.807) is 0 Å². The maximum Gasteiger partial charge on any atom is 0.152 e. The first-order valence-corrected chi connectivity index (χ1v) is 17.8. The molecular formula is C48H29N3O. The third kappa shape index (κ3) is 3.70. The predicted molar refractivity (Wildman–Crippen MR) is 215 cm³/mol. The standard InChI is InChI=1S/C48H29N3O/c1-5-18-40-34(13-1)35-14-2-6-19-41(35)50(40)33-24-25-44-39(29-33)37-16-4-7-20-42(37)49(44)32-12-9-11-30(27-32)31-23-26-46-45(28-31)51-43-21-8-3-15-36(43)38-17-10-22-47(52-46)48(38)51/h1-29H. The average Bonchev–Trinajstić information content (AvgIpc) is 3.85. The normalized spacial score (nSPS) is 12.4. The minimum Gasteiger partial charge on any atom is -0.453 e. The summed E-state index contributed by atoms with van der Waals surface area (Å²) < 4.78 is 13.7. The van der Waals surface area contributed by atoms with Crippen molar-refractivity contribution in [2.24, 2.45) is 0 Å². The van der Waals surface area contributed by atoms with Gasteiger partial charge in [-0.25, -0.2) is 0 Å². The molecule has 0 bridgehead atoms. The van der Waals surface area contributed by atoms with Crippen molar-refractivity contribution in [1.29, 1.82) is 0 Å². The van der Waals surface area contributed by atoms with Gasteiger partial charge in [-0.3, -0.25) is 0 Å². The van der Waals surface area contributed by atoms with E-state index in [9.17, 15) is 0 Å². The number of aromatic nitrogens is 3. The van der Waals surface area contributed by atoms with E-state index in [1.165, 1.54) is 59.9 Å². The van der Waals surface area contributed by atoms with Gasteiger partial charge in [-0.15, -0.1) is 0 Å². The number of benzene rings is 8. The van der Waals surface area contributed by atoms with Gasteiger partial charge in [0.1, 0.15) is 0 Å². The summed E-state index contributed by atoms with van der Waals surface area (Å²) in [5.74, 6) is 1.76. The Hall–Kier alpha value is -7.04. The Morgan fingerprint density at radius 3 is 1.52 bits per heavy atom. The van der Waals surface area contributed by atoms with Gasteiger partial charge in [-0.05, 0) is 83.9 Å². The lowest BCUT2D eigenvalue weighted by Gasteiger charge is -2.22. The zero-order valence-corrected chi connectivity index (χ0v) is 28.0. The Balaban J connectivity index is 1.03. The number of para-hydroxylation sites is 5. The van der Waals surface area contributed by atoms with E-state index < -0.39 is 0 Å². The maximum atomic E-state index is 6.51. The van der Waals surface area contributed by atoms with Crippen LogP contribution >= 0.6 is 0 Å². The number of rotatable bonds is 3. The molecule has 8 aromatic carbocycles. The highest BCUT2D eigenvalue weighted by molar-refractivity contribution is 6.13. The Bertz CT molecular complexity index is 3230. The fraction of sp³-hybridized carbons (Fsp3) is 0. The lowest BCUT2D eigenvalue weighted by molar-refractivity contribution is 0.476. The Morgan fingerprint density at radius 1 is 0.308 bits per heavy atom. The summed E-state index contributed by atoms with van der Waals surface area (Å²) in [6.45, 7) is 0. The van der Waals surface area contributed by atoms with Crippen LogP contribution in [-0.4, -0.2) is 13.7 Å². The Kier molecular flexibility index (Phi) is 5.47. The zero-order valence-electron chi connectivity index (χ0n) is 28.0. The van der Waals surface area contributed by atoms with Crippen molar-refractivity contribution >= 4 is 65.4 Å². The van der Waals surface area contributed by atoms with Gasteiger partial charge in [0, 0.05) is 43.7 Å². The van der Waals surface area contributed by atoms with Gasteiger partial charge < -0.3 is 18.4 Å². The summed E-state index contributed by atoms with van der Waals surface area (Å²) in [6, 6.07) is 63.6. The fourth-order valence-electron chi connectivity index (χ4n) is 8.80. The van der Waals surface area contributed by atoms with Crippen LogP contribution < -0.4 is 4.74 Å². The van der Waals surface area contributed by atoms with Crippen LogP contribution in [0.1, 0.15) is 0 Å². The summed E-state index contributed by atoms with van der Waals surface area (Å²) in [5, 5.41) is 7.44. The molecule has 3 aromatic heterocycles. The molecule has 0 fully saturated rings. The average molecular weight is 664 g/mol. The molecule has 11 aromatic rings. The van der Waals surface area contributed by atoms with Crippen molar-refractivity contribution in [3.8, 4) is 39.7 Å². The molecule has 0 N–H and O–H groups in total. The molecule has 242 valence electrons. The summed E-state index contributed by atoms with van der Waals surface area (Å²) in [5.41, 5.74) is 12.7. The fourth-order valence-corrected chi connectivity index (χ4v) is 8.80. The molecule has 0 unspecified atom stereocenters. The number of fused-ring (bicyclic) bond motifs is 11. The lowest BCUT2D eigenvalue weighted by atomic mass is 10.0. The van der Waals surface area contributed by atoms with E-state index in [2.05, 4.69) is 190 Å². The summed E-state index contributed by atoms with van der Waals surface area (Å²) in [4.78, 5) is 0. The molecule has 1 aliphatic rings. The van der Waals surface area contributed by atoms with E-state index in [4.69, 9.17) is 4.74 Å². The number of ether oxygens (including phenoxy) is 1. The molecule has 0 amide bonds. The van der Waals surface area contributed by atoms with Crippen LogP contribution in [-0.2, 0) is 0 Å². The lowest BCUT2D eigenvalue weighted by Crippen LogP contribution is -2.04. The van der Waals surface area contributed by atoms with Crippen molar-refractivity contribution in [2.45, 2.75) is 0 Å². The predicted octanol–water partition coefficient (Wildman–Crippen LogP) is 12.8. The first-order chi connectivity index (χ1) is 25.8. The molecule has 0 saturated carbocycles. The maximum absolute atomic E-state index is 6.51. The highest BCUT2D eigenvalue weighted by atomic mass is 16.5. The molecule has 0 atom stereocenters. The highest BCUT2D eigenvalue weighted by Crippen LogP contribution is 2.46. The minimum atomic E-state index is 0.864. The summed E-state index contributed by atoms with van der Waals surface area (Å²) in [7, 11) is 0. The Morgan fingerprint density at radius 2 is 0.827 bits per heavy atom. The smallest absolute Gasteiger partial charge is 0.152 e. The zero-order chi connectivity index (χ0) is 33.9. The van der Waals surface area contributed by atoms with Gasteiger partial charge in [-0.2, -0.15) is 0 Å². The van der Waals surface area contributed by atoms with Gasteiger partial charge in [0.05, 0.1) is 38.8 Å². The van der Waals surface area contributed by atoms with Gasteiger partial charge in [-0.1, -0.05) is 103 Å². The molecule has 0 aliphatic carbocycles. The molecule has 0 spiro atoms. The van der Waals surface area contributed by atoms with E-state index >= 15 is 0 Å². The van der Waals surface area contributed by atoms with Crippen LogP contribution in [0.25, 0.3) is 93.6 Å². The van der Waals surface area contributed by atoms with Crippen molar-refractivity contribution in [3.05, 3.63) is 176 Å². The van der Waals surface area contributed by atoms with E-state index in [1.807, 2.05) is 0 Å². The monoisotopic (exact) mass is 663 g/mol. The number of hydrogen-bond donors (Lipinski definition) is 0. The molecule has 52 heavy (non-hydrogen) atoms. The number of hydrogen-bond acceptors (Lipinski definition) is 1. The molecule has 4 heteroatoms. The Labute approximate surface area is 298 Å². The highest BCUT2D eigenvalue weighted by Gasteiger charge is 2.24. The van der Waals surface area contributed by atoms with Crippen LogP contribution in [0.5, 0.6) is 11.5 Å². The molecule has 12 rings (SSSR count). The molecule has 4 heterocycles. The topological polar surface area (TPSA) is 24.0 Å². The van der Waals surface area contributed by atoms with Crippen LogP contribution in [0.2, 0.25) is 0 Å². The number of nitrogens with zero attached hydrogens (tertiary/aromatic N) is 3. The summed E-state index contributed by atoms with van der Waals surface area (Å²) >= 11 is 0. The van der Waals surface area contributed by atoms with Crippen molar-refractivity contribution < 1.29 is 4.74 Å². The second-order valence-corrected chi connectivity index (χ2v) is 13.8. The van der Waals surface area contributed by atoms with Crippen molar-refractivity contribution in [1.82, 2.24) is 13.7 Å². The third-order valence-electron chi connectivity index (χ3n) is 11.0. The van der Waals surface area contributed by atoms with Crippen molar-refractivity contribution in [2.75, 3.05) is 0 Å². The SMILES string of the molecule is c1cc(-c2ccc3c(c2)-n2c4ccccc4c4cccc(c42)O3)cc(-n2c3ccccc3c3cc(-n4c5ccccc5c5ccccc54)ccc32)c1. The quantitative estimate of drug-likeness (QED) is 0.185. The third-order valence-corrected chi connectivity index (χ3v) is 11.0. The molecule has 1 aliphatic heterocycles. The molecular weight excluding hydrogens is 635 g/mol. The van der Waals surface area contributed by atoms with Gasteiger partial charge in [0.2, 0.25) is 0 Å². The van der Waals surface area contributed by atoms with Gasteiger partial charge >= 0.3 is 0 Å². The largest absolute Gasteiger partial charge is 0.453 e. The van der Waals surface area contributed by atoms with Crippen LogP contribution in [0.4, 0.5) is 0 Å². The summed E-state index contributed by atoms with van der Waals surface area (Å²) in [6.07, 6.45) is 0. The minimum absolute atomic E-state index is 0.864. The van der Waals surface area contributed by atoms with Gasteiger partial charge in [0.25, 0.3) is 0 Å². The molecule has 0 saturated heterocycles. The molecule has 4 nitrogen and oxygen atoms in total.